The lowest BCUT2D eigenvalue weighted by Crippen LogP contribution is -2.34. The Morgan fingerprint density at radius 2 is 1.73 bits per heavy atom. The monoisotopic (exact) mass is 370 g/mol. The van der Waals surface area contributed by atoms with E-state index in [1.165, 1.54) is 30.7 Å². The molecule has 3 rings (SSSR count). The zero-order chi connectivity index (χ0) is 18.5. The van der Waals surface area contributed by atoms with Gasteiger partial charge in [-0.2, -0.15) is 0 Å². The number of hydrogen-bond acceptors (Lipinski definition) is 5. The second-order valence-electron chi connectivity index (χ2n) is 6.07. The van der Waals surface area contributed by atoms with Crippen molar-refractivity contribution in [2.24, 2.45) is 0 Å². The maximum atomic E-state index is 12.2. The summed E-state index contributed by atoms with van der Waals surface area (Å²) in [5.74, 6) is -0.175. The molecule has 0 aliphatic carbocycles. The van der Waals surface area contributed by atoms with E-state index in [4.69, 9.17) is 17.0 Å². The average Bonchev–Trinajstić information content (AvgIpc) is 2.68. The number of nitro groups is 1. The molecule has 0 N–H and O–H groups in total. The van der Waals surface area contributed by atoms with Gasteiger partial charge in [-0.1, -0.05) is 24.4 Å². The van der Waals surface area contributed by atoms with Gasteiger partial charge in [-0.05, 0) is 43.5 Å². The predicted octanol–water partition coefficient (Wildman–Crippen LogP) is 3.98. The lowest BCUT2D eigenvalue weighted by atomic mass is 10.1. The first kappa shape index (κ1) is 18.0. The molecule has 0 amide bonds. The van der Waals surface area contributed by atoms with E-state index in [1.807, 2.05) is 6.07 Å². The average molecular weight is 370 g/mol. The molecule has 0 atom stereocenters. The molecule has 1 fully saturated rings. The molecule has 1 heterocycles. The van der Waals surface area contributed by atoms with Crippen molar-refractivity contribution in [2.75, 3.05) is 13.1 Å². The summed E-state index contributed by atoms with van der Waals surface area (Å²) < 4.78 is 5.39. The Labute approximate surface area is 156 Å². The van der Waals surface area contributed by atoms with E-state index in [0.29, 0.717) is 5.75 Å². The molecule has 1 aliphatic rings. The number of nitrogens with zero attached hydrogens (tertiary/aromatic N) is 2. The smallest absolute Gasteiger partial charge is 0.343 e. The summed E-state index contributed by atoms with van der Waals surface area (Å²) in [6, 6.07) is 12.4. The first-order valence-corrected chi connectivity index (χ1v) is 8.81. The van der Waals surface area contributed by atoms with Crippen molar-refractivity contribution in [3.8, 4) is 5.75 Å². The van der Waals surface area contributed by atoms with E-state index >= 15 is 0 Å². The van der Waals surface area contributed by atoms with Crippen molar-refractivity contribution < 1.29 is 14.5 Å². The normalized spacial score (nSPS) is 13.9. The van der Waals surface area contributed by atoms with Gasteiger partial charge in [0.05, 0.1) is 10.5 Å². The van der Waals surface area contributed by atoms with Gasteiger partial charge < -0.3 is 9.64 Å². The van der Waals surface area contributed by atoms with Crippen molar-refractivity contribution in [1.82, 2.24) is 4.90 Å². The molecule has 0 bridgehead atoms. The molecule has 1 aliphatic heterocycles. The molecule has 7 heteroatoms. The van der Waals surface area contributed by atoms with Crippen molar-refractivity contribution >= 4 is 28.9 Å². The van der Waals surface area contributed by atoms with E-state index < -0.39 is 10.9 Å². The van der Waals surface area contributed by atoms with Crippen LogP contribution < -0.4 is 4.74 Å². The van der Waals surface area contributed by atoms with Gasteiger partial charge in [-0.15, -0.1) is 0 Å². The number of carbonyl (C=O) groups excluding carboxylic acids is 1. The molecule has 0 saturated carbocycles. The number of likely N-dealkylation sites (tertiary alicyclic amines) is 1. The van der Waals surface area contributed by atoms with Gasteiger partial charge in [0.25, 0.3) is 5.69 Å². The maximum Gasteiger partial charge on any atom is 0.343 e. The second kappa shape index (κ2) is 8.05. The standard InChI is InChI=1S/C19H18N2O4S/c22-19(14-7-9-16(10-8-14)21(23)24)25-17-6-4-5-15(13-17)18(26)20-11-2-1-3-12-20/h4-10,13H,1-3,11-12H2. The minimum atomic E-state index is -0.569. The number of piperidine rings is 1. The Morgan fingerprint density at radius 1 is 1.04 bits per heavy atom. The molecule has 26 heavy (non-hydrogen) atoms. The molecular weight excluding hydrogens is 352 g/mol. The second-order valence-corrected chi connectivity index (χ2v) is 6.46. The van der Waals surface area contributed by atoms with Gasteiger partial charge in [0.15, 0.2) is 0 Å². The van der Waals surface area contributed by atoms with Crippen LogP contribution in [0.25, 0.3) is 0 Å². The Bertz CT molecular complexity index is 830. The third-order valence-corrected chi connectivity index (χ3v) is 4.74. The lowest BCUT2D eigenvalue weighted by Gasteiger charge is -2.29. The summed E-state index contributed by atoms with van der Waals surface area (Å²) >= 11 is 5.57. The minimum absolute atomic E-state index is 0.0737. The summed E-state index contributed by atoms with van der Waals surface area (Å²) in [4.78, 5) is 25.3. The number of carbonyl (C=O) groups is 1. The summed E-state index contributed by atoms with van der Waals surface area (Å²) in [7, 11) is 0. The SMILES string of the molecule is O=C(Oc1cccc(C(=S)N2CCCCC2)c1)c1ccc([N+](=O)[O-])cc1. The Hall–Kier alpha value is -2.80. The van der Waals surface area contributed by atoms with Crippen LogP contribution in [0.1, 0.15) is 35.2 Å². The van der Waals surface area contributed by atoms with Crippen LogP contribution in [0.2, 0.25) is 0 Å². The lowest BCUT2D eigenvalue weighted by molar-refractivity contribution is -0.384. The van der Waals surface area contributed by atoms with Gasteiger partial charge in [0, 0.05) is 30.8 Å². The quantitative estimate of drug-likeness (QED) is 0.267. The largest absolute Gasteiger partial charge is 0.423 e. The highest BCUT2D eigenvalue weighted by Gasteiger charge is 2.16. The summed E-state index contributed by atoms with van der Waals surface area (Å²) in [5, 5.41) is 10.7. The Kier molecular flexibility index (Phi) is 5.58. The number of non-ortho nitro benzene ring substituents is 1. The highest BCUT2D eigenvalue weighted by molar-refractivity contribution is 7.80. The summed E-state index contributed by atoms with van der Waals surface area (Å²) in [6.45, 7) is 1.90. The number of thiocarbonyl (C=S) groups is 1. The molecule has 2 aromatic rings. The molecule has 0 spiro atoms. The van der Waals surface area contributed by atoms with E-state index in [2.05, 4.69) is 4.90 Å². The highest BCUT2D eigenvalue weighted by Crippen LogP contribution is 2.20. The third-order valence-electron chi connectivity index (χ3n) is 4.25. The number of esters is 1. The van der Waals surface area contributed by atoms with E-state index in [9.17, 15) is 14.9 Å². The van der Waals surface area contributed by atoms with E-state index in [0.717, 1.165) is 36.5 Å². The van der Waals surface area contributed by atoms with Crippen LogP contribution in [0.15, 0.2) is 48.5 Å². The van der Waals surface area contributed by atoms with Crippen molar-refractivity contribution in [3.05, 3.63) is 69.8 Å². The van der Waals surface area contributed by atoms with Gasteiger partial charge in [0.2, 0.25) is 0 Å². The fourth-order valence-electron chi connectivity index (χ4n) is 2.86. The van der Waals surface area contributed by atoms with Crippen LogP contribution in [0.3, 0.4) is 0 Å². The molecule has 2 aromatic carbocycles. The van der Waals surface area contributed by atoms with Crippen LogP contribution in [0, 0.1) is 10.1 Å². The van der Waals surface area contributed by atoms with Gasteiger partial charge in [-0.3, -0.25) is 10.1 Å². The minimum Gasteiger partial charge on any atom is -0.423 e. The van der Waals surface area contributed by atoms with Crippen molar-refractivity contribution in [3.63, 3.8) is 0 Å². The van der Waals surface area contributed by atoms with Crippen LogP contribution in [0.5, 0.6) is 5.75 Å². The van der Waals surface area contributed by atoms with Crippen molar-refractivity contribution in [1.29, 1.82) is 0 Å². The number of ether oxygens (including phenoxy) is 1. The number of hydrogen-bond donors (Lipinski definition) is 0. The third kappa shape index (κ3) is 4.23. The van der Waals surface area contributed by atoms with Crippen LogP contribution >= 0.6 is 12.2 Å². The Balaban J connectivity index is 1.70. The van der Waals surface area contributed by atoms with Crippen LogP contribution in [0.4, 0.5) is 5.69 Å². The molecule has 6 nitrogen and oxygen atoms in total. The van der Waals surface area contributed by atoms with E-state index in [-0.39, 0.29) is 11.3 Å². The fraction of sp³-hybridized carbons (Fsp3) is 0.263. The maximum absolute atomic E-state index is 12.2. The van der Waals surface area contributed by atoms with Crippen molar-refractivity contribution in [2.45, 2.75) is 19.3 Å². The molecule has 134 valence electrons. The summed E-state index contributed by atoms with van der Waals surface area (Å²) in [6.07, 6.45) is 3.50. The molecule has 0 unspecified atom stereocenters. The molecule has 1 saturated heterocycles. The van der Waals surface area contributed by atoms with Gasteiger partial charge >= 0.3 is 5.97 Å². The molecule has 0 aromatic heterocycles. The van der Waals surface area contributed by atoms with E-state index in [1.54, 1.807) is 18.2 Å². The summed E-state index contributed by atoms with van der Waals surface area (Å²) in [5.41, 5.74) is 1.02. The van der Waals surface area contributed by atoms with Gasteiger partial charge in [-0.25, -0.2) is 4.79 Å². The van der Waals surface area contributed by atoms with Gasteiger partial charge in [0.1, 0.15) is 10.7 Å². The zero-order valence-electron chi connectivity index (χ0n) is 14.1. The number of rotatable bonds is 4. The topological polar surface area (TPSA) is 72.7 Å². The first-order chi connectivity index (χ1) is 12.5. The first-order valence-electron chi connectivity index (χ1n) is 8.40. The highest BCUT2D eigenvalue weighted by atomic mass is 32.1. The van der Waals surface area contributed by atoms with Crippen LogP contribution in [-0.2, 0) is 0 Å². The number of benzene rings is 2. The Morgan fingerprint density at radius 3 is 2.38 bits per heavy atom. The molecule has 0 radical (unpaired) electrons. The predicted molar refractivity (Wildman–Crippen MR) is 102 cm³/mol. The molecular formula is C19H18N2O4S. The fourth-order valence-corrected chi connectivity index (χ4v) is 3.17. The van der Waals surface area contributed by atoms with Crippen LogP contribution in [-0.4, -0.2) is 33.9 Å². The zero-order valence-corrected chi connectivity index (χ0v) is 14.9. The number of nitro benzene ring substituents is 1.